The molecule has 5 nitrogen and oxygen atoms in total. The van der Waals surface area contributed by atoms with E-state index in [2.05, 4.69) is 15.9 Å². The van der Waals surface area contributed by atoms with Gasteiger partial charge in [-0.1, -0.05) is 64.5 Å². The lowest BCUT2D eigenvalue weighted by molar-refractivity contribution is 0.0366. The molecule has 1 N–H and O–H groups in total. The first-order valence-corrected chi connectivity index (χ1v) is 9.02. The molecule has 0 aliphatic heterocycles. The second-order valence-corrected chi connectivity index (χ2v) is 7.43. The normalized spacial score (nSPS) is 27.9. The van der Waals surface area contributed by atoms with E-state index < -0.39 is 40.1 Å². The molecule has 2 aliphatic carbocycles. The van der Waals surface area contributed by atoms with E-state index in [1.54, 1.807) is 30.3 Å². The van der Waals surface area contributed by atoms with E-state index in [9.17, 15) is 24.3 Å². The summed E-state index contributed by atoms with van der Waals surface area (Å²) in [6.07, 6.45) is -1.66. The highest BCUT2D eigenvalue weighted by Gasteiger charge is 2.52. The monoisotopic (exact) mass is 412 g/mol. The van der Waals surface area contributed by atoms with E-state index in [0.29, 0.717) is 0 Å². The van der Waals surface area contributed by atoms with Crippen molar-refractivity contribution in [3.05, 3.63) is 70.8 Å². The van der Waals surface area contributed by atoms with Crippen molar-refractivity contribution in [3.63, 3.8) is 0 Å². The highest BCUT2D eigenvalue weighted by atomic mass is 79.9. The number of ketones is 4. The molecule has 0 unspecified atom stereocenters. The molecule has 0 radical (unpaired) electrons. The molecule has 0 aromatic heterocycles. The maximum absolute atomic E-state index is 13.0. The predicted molar refractivity (Wildman–Crippen MR) is 95.9 cm³/mol. The first-order chi connectivity index (χ1) is 12.4. The zero-order chi connectivity index (χ0) is 18.6. The van der Waals surface area contributed by atoms with Crippen molar-refractivity contribution in [2.75, 3.05) is 0 Å². The fourth-order valence-corrected chi connectivity index (χ4v) is 4.62. The molecule has 4 atom stereocenters. The van der Waals surface area contributed by atoms with Gasteiger partial charge in [0, 0.05) is 22.3 Å². The van der Waals surface area contributed by atoms with Crippen LogP contribution in [0.25, 0.3) is 0 Å². The number of aliphatic hydroxyl groups excluding tert-OH is 1. The number of carbonyl (C=O) groups is 4. The van der Waals surface area contributed by atoms with E-state index in [4.69, 9.17) is 0 Å². The topological polar surface area (TPSA) is 88.5 Å². The first-order valence-electron chi connectivity index (χ1n) is 8.10. The molecule has 0 saturated heterocycles. The zero-order valence-corrected chi connectivity index (χ0v) is 15.0. The molecule has 0 saturated carbocycles. The van der Waals surface area contributed by atoms with Crippen LogP contribution in [0, 0.1) is 11.8 Å². The molecule has 2 aromatic carbocycles. The smallest absolute Gasteiger partial charge is 0.192 e. The number of alkyl halides is 1. The molecule has 4 rings (SSSR count). The summed E-state index contributed by atoms with van der Waals surface area (Å²) in [4.78, 5) is 50.3. The van der Waals surface area contributed by atoms with Crippen molar-refractivity contribution in [1.82, 2.24) is 0 Å². The number of hydrogen-bond donors (Lipinski definition) is 1. The maximum atomic E-state index is 13.0. The fourth-order valence-electron chi connectivity index (χ4n) is 3.80. The van der Waals surface area contributed by atoms with Crippen LogP contribution in [0.3, 0.4) is 0 Å². The van der Waals surface area contributed by atoms with Gasteiger partial charge in [0.15, 0.2) is 23.1 Å². The molecule has 0 heterocycles. The van der Waals surface area contributed by atoms with Crippen LogP contribution in [0.1, 0.15) is 41.4 Å². The Morgan fingerprint density at radius 3 is 1.50 bits per heavy atom. The van der Waals surface area contributed by atoms with E-state index in [1.807, 2.05) is 0 Å². The number of carbonyl (C=O) groups excluding carboxylic acids is 4. The second kappa shape index (κ2) is 6.07. The van der Waals surface area contributed by atoms with Crippen molar-refractivity contribution in [2.24, 2.45) is 11.8 Å². The zero-order valence-electron chi connectivity index (χ0n) is 13.4. The largest absolute Gasteiger partial charge is 0.384 e. The van der Waals surface area contributed by atoms with Crippen LogP contribution < -0.4 is 0 Å². The molecule has 0 bridgehead atoms. The molecular formula is C20H13BrO5. The number of benzene rings is 2. The Bertz CT molecular complexity index is 900. The van der Waals surface area contributed by atoms with Gasteiger partial charge in [0.2, 0.25) is 0 Å². The summed E-state index contributed by atoms with van der Waals surface area (Å²) in [5.74, 6) is -4.31. The summed E-state index contributed by atoms with van der Waals surface area (Å²) in [6.45, 7) is 0. The van der Waals surface area contributed by atoms with Crippen LogP contribution in [0.2, 0.25) is 0 Å². The van der Waals surface area contributed by atoms with Gasteiger partial charge in [-0.3, -0.25) is 19.2 Å². The summed E-state index contributed by atoms with van der Waals surface area (Å²) >= 11 is 3.24. The summed E-state index contributed by atoms with van der Waals surface area (Å²) in [7, 11) is 0. The minimum absolute atomic E-state index is 0.141. The number of halogens is 1. The number of fused-ring (bicyclic) bond motifs is 2. The van der Waals surface area contributed by atoms with E-state index in [-0.39, 0.29) is 28.0 Å². The Morgan fingerprint density at radius 1 is 0.615 bits per heavy atom. The Hall–Kier alpha value is -2.44. The Labute approximate surface area is 157 Å². The van der Waals surface area contributed by atoms with Crippen molar-refractivity contribution < 1.29 is 24.3 Å². The maximum Gasteiger partial charge on any atom is 0.192 e. The quantitative estimate of drug-likeness (QED) is 0.726. The van der Waals surface area contributed by atoms with Crippen LogP contribution in [0.15, 0.2) is 48.5 Å². The summed E-state index contributed by atoms with van der Waals surface area (Å²) in [6, 6.07) is 12.6. The number of rotatable bonds is 1. The number of Topliss-reactive ketones (excluding diaryl/α,β-unsaturated/α-hetero) is 4. The molecule has 0 fully saturated rings. The molecule has 130 valence electrons. The predicted octanol–water partition coefficient (Wildman–Crippen LogP) is 2.50. The number of hydrogen-bond acceptors (Lipinski definition) is 5. The van der Waals surface area contributed by atoms with Gasteiger partial charge in [-0.15, -0.1) is 0 Å². The van der Waals surface area contributed by atoms with Crippen molar-refractivity contribution in [2.45, 2.75) is 10.9 Å². The van der Waals surface area contributed by atoms with Gasteiger partial charge in [-0.25, -0.2) is 0 Å². The Kier molecular flexibility index (Phi) is 3.97. The molecule has 0 amide bonds. The average molecular weight is 413 g/mol. The van der Waals surface area contributed by atoms with Gasteiger partial charge in [-0.05, 0) is 0 Å². The summed E-state index contributed by atoms with van der Waals surface area (Å²) < 4.78 is 0. The lowest BCUT2D eigenvalue weighted by atomic mass is 9.67. The minimum atomic E-state index is -1.66. The third-order valence-electron chi connectivity index (χ3n) is 5.08. The molecule has 2 aromatic rings. The van der Waals surface area contributed by atoms with Crippen molar-refractivity contribution in [1.29, 1.82) is 0 Å². The fraction of sp³-hybridized carbons (Fsp3) is 0.200. The van der Waals surface area contributed by atoms with Crippen LogP contribution in [0.4, 0.5) is 0 Å². The van der Waals surface area contributed by atoms with Crippen LogP contribution >= 0.6 is 15.9 Å². The van der Waals surface area contributed by atoms with E-state index >= 15 is 0 Å². The third kappa shape index (κ3) is 2.26. The minimum Gasteiger partial charge on any atom is -0.384 e. The van der Waals surface area contributed by atoms with E-state index in [0.717, 1.165) is 0 Å². The first kappa shape index (κ1) is 17.0. The van der Waals surface area contributed by atoms with Crippen LogP contribution in [0.5, 0.6) is 0 Å². The third-order valence-corrected chi connectivity index (χ3v) is 6.07. The highest BCUT2D eigenvalue weighted by molar-refractivity contribution is 9.10. The second-order valence-electron chi connectivity index (χ2n) is 6.45. The lowest BCUT2D eigenvalue weighted by Gasteiger charge is -2.36. The molecule has 6 heteroatoms. The highest BCUT2D eigenvalue weighted by Crippen LogP contribution is 2.40. The van der Waals surface area contributed by atoms with Gasteiger partial charge in [0.05, 0.1) is 16.7 Å². The SMILES string of the molecule is O=C1c2ccccc2C(=O)[C@@H](Br)[C@H]1[C@H]1C(=O)c2ccccc2C(=O)[C@@H]1O. The molecule has 26 heavy (non-hydrogen) atoms. The standard InChI is InChI=1S/C20H13BrO5/c21-15-13(16(22)9-5-1-3-7-11(9)18(15)24)14-17(23)10-6-2-4-8-12(10)19(25)20(14)26/h1-8,13-15,20,26H/t13-,14+,15+,20-/m1/s1. The van der Waals surface area contributed by atoms with Gasteiger partial charge < -0.3 is 5.11 Å². The Morgan fingerprint density at radius 2 is 1.00 bits per heavy atom. The Balaban J connectivity index is 1.85. The summed E-state index contributed by atoms with van der Waals surface area (Å²) in [5, 5.41) is 10.5. The van der Waals surface area contributed by atoms with Crippen LogP contribution in [-0.4, -0.2) is 39.2 Å². The number of aliphatic hydroxyl groups is 1. The van der Waals surface area contributed by atoms with Gasteiger partial charge >= 0.3 is 0 Å². The summed E-state index contributed by atoms with van der Waals surface area (Å²) in [5.41, 5.74) is 0.804. The van der Waals surface area contributed by atoms with E-state index in [1.165, 1.54) is 18.2 Å². The molecular weight excluding hydrogens is 400 g/mol. The molecule has 2 aliphatic rings. The molecule has 0 spiro atoms. The van der Waals surface area contributed by atoms with Crippen molar-refractivity contribution in [3.8, 4) is 0 Å². The van der Waals surface area contributed by atoms with Crippen LogP contribution in [-0.2, 0) is 0 Å². The van der Waals surface area contributed by atoms with Gasteiger partial charge in [0.25, 0.3) is 0 Å². The lowest BCUT2D eigenvalue weighted by Crippen LogP contribution is -2.52. The van der Waals surface area contributed by atoms with Gasteiger partial charge in [-0.2, -0.15) is 0 Å². The van der Waals surface area contributed by atoms with Crippen molar-refractivity contribution >= 4 is 39.1 Å². The van der Waals surface area contributed by atoms with Gasteiger partial charge in [0.1, 0.15) is 6.10 Å². The average Bonchev–Trinajstić information content (AvgIpc) is 2.67.